The van der Waals surface area contributed by atoms with Crippen LogP contribution in [0.1, 0.15) is 51.2 Å². The van der Waals surface area contributed by atoms with Crippen LogP contribution in [0.2, 0.25) is 0 Å². The number of nitrogens with zero attached hydrogens (tertiary/aromatic N) is 2. The summed E-state index contributed by atoms with van der Waals surface area (Å²) in [7, 11) is 0. The Morgan fingerprint density at radius 3 is 2.19 bits per heavy atom. The summed E-state index contributed by atoms with van der Waals surface area (Å²) in [5.74, 6) is 0.334. The molecule has 0 aromatic heterocycles. The van der Waals surface area contributed by atoms with Gasteiger partial charge in [0.15, 0.2) is 0 Å². The topological polar surface area (TPSA) is 40.6 Å². The van der Waals surface area contributed by atoms with Crippen LogP contribution in [-0.2, 0) is 16.1 Å². The maximum absolute atomic E-state index is 12.7. The highest BCUT2D eigenvalue weighted by molar-refractivity contribution is 5.93. The molecule has 4 heteroatoms. The molecule has 2 aromatic rings. The van der Waals surface area contributed by atoms with Gasteiger partial charge in [-0.25, -0.2) is 0 Å². The van der Waals surface area contributed by atoms with E-state index < -0.39 is 0 Å². The number of hydrogen-bond acceptors (Lipinski definition) is 2. The lowest BCUT2D eigenvalue weighted by Crippen LogP contribution is -2.36. The molecule has 144 valence electrons. The Kier molecular flexibility index (Phi) is 7.59. The van der Waals surface area contributed by atoms with E-state index >= 15 is 0 Å². The summed E-state index contributed by atoms with van der Waals surface area (Å²) >= 11 is 0. The number of amides is 2. The van der Waals surface area contributed by atoms with Crippen molar-refractivity contribution in [1.82, 2.24) is 4.90 Å². The molecule has 0 aliphatic carbocycles. The van der Waals surface area contributed by atoms with Gasteiger partial charge < -0.3 is 9.80 Å². The van der Waals surface area contributed by atoms with Crippen LogP contribution in [0.3, 0.4) is 0 Å². The van der Waals surface area contributed by atoms with Crippen LogP contribution < -0.4 is 4.90 Å². The molecule has 0 aliphatic rings. The van der Waals surface area contributed by atoms with E-state index in [9.17, 15) is 9.59 Å². The lowest BCUT2D eigenvalue weighted by Gasteiger charge is -2.27. The third-order valence-electron chi connectivity index (χ3n) is 4.73. The van der Waals surface area contributed by atoms with Crippen molar-refractivity contribution in [2.75, 3.05) is 18.0 Å². The third-order valence-corrected chi connectivity index (χ3v) is 4.73. The van der Waals surface area contributed by atoms with E-state index in [0.717, 1.165) is 16.8 Å². The van der Waals surface area contributed by atoms with Crippen molar-refractivity contribution in [1.29, 1.82) is 0 Å². The Hall–Kier alpha value is -2.62. The minimum absolute atomic E-state index is 0.0398. The molecule has 0 saturated carbocycles. The number of hydrogen-bond donors (Lipinski definition) is 0. The van der Waals surface area contributed by atoms with E-state index in [1.807, 2.05) is 66.4 Å². The molecule has 2 aromatic carbocycles. The van der Waals surface area contributed by atoms with Crippen molar-refractivity contribution in [3.63, 3.8) is 0 Å². The molecule has 27 heavy (non-hydrogen) atoms. The number of benzene rings is 2. The van der Waals surface area contributed by atoms with Gasteiger partial charge in [-0.1, -0.05) is 62.4 Å². The second-order valence-electron chi connectivity index (χ2n) is 7.03. The fourth-order valence-corrected chi connectivity index (χ4v) is 3.21. The fraction of sp³-hybridized carbons (Fsp3) is 0.391. The summed E-state index contributed by atoms with van der Waals surface area (Å²) in [6.07, 6.45) is 0.312. The zero-order valence-electron chi connectivity index (χ0n) is 16.8. The van der Waals surface area contributed by atoms with E-state index in [-0.39, 0.29) is 11.8 Å². The molecule has 0 heterocycles. The van der Waals surface area contributed by atoms with Gasteiger partial charge in [0.05, 0.1) is 0 Å². The van der Waals surface area contributed by atoms with E-state index in [2.05, 4.69) is 13.8 Å². The highest BCUT2D eigenvalue weighted by Crippen LogP contribution is 2.27. The zero-order valence-corrected chi connectivity index (χ0v) is 16.8. The molecule has 0 N–H and O–H groups in total. The van der Waals surface area contributed by atoms with Crippen molar-refractivity contribution in [3.05, 3.63) is 65.7 Å². The Morgan fingerprint density at radius 1 is 0.963 bits per heavy atom. The van der Waals surface area contributed by atoms with E-state index in [1.165, 1.54) is 0 Å². The summed E-state index contributed by atoms with van der Waals surface area (Å²) in [6, 6.07) is 17.9. The Morgan fingerprint density at radius 2 is 1.59 bits per heavy atom. The van der Waals surface area contributed by atoms with Gasteiger partial charge in [-0.15, -0.1) is 0 Å². The first-order valence-electron chi connectivity index (χ1n) is 9.62. The van der Waals surface area contributed by atoms with Crippen LogP contribution >= 0.6 is 0 Å². The van der Waals surface area contributed by atoms with Gasteiger partial charge in [0.2, 0.25) is 11.8 Å². The number of carbonyl (C=O) groups excluding carboxylic acids is 2. The molecule has 2 rings (SSSR count). The minimum atomic E-state index is -0.0398. The first kappa shape index (κ1) is 20.7. The Bertz CT molecular complexity index is 756. The Labute approximate surface area is 162 Å². The van der Waals surface area contributed by atoms with Gasteiger partial charge in [-0.3, -0.25) is 9.59 Å². The van der Waals surface area contributed by atoms with Crippen LogP contribution in [0.25, 0.3) is 0 Å². The summed E-state index contributed by atoms with van der Waals surface area (Å²) in [5.41, 5.74) is 3.14. The van der Waals surface area contributed by atoms with Gasteiger partial charge in [0, 0.05) is 38.7 Å². The minimum Gasteiger partial charge on any atom is -0.339 e. The van der Waals surface area contributed by atoms with Crippen LogP contribution in [0.4, 0.5) is 5.69 Å². The zero-order chi connectivity index (χ0) is 19.8. The Balaban J connectivity index is 2.09. The number of para-hydroxylation sites is 1. The summed E-state index contributed by atoms with van der Waals surface area (Å²) in [5, 5.41) is 0. The maximum Gasteiger partial charge on any atom is 0.224 e. The highest BCUT2D eigenvalue weighted by Gasteiger charge is 2.19. The normalized spacial score (nSPS) is 10.7. The first-order valence-corrected chi connectivity index (χ1v) is 9.62. The van der Waals surface area contributed by atoms with Crippen LogP contribution in [-0.4, -0.2) is 29.8 Å². The van der Waals surface area contributed by atoms with E-state index in [0.29, 0.717) is 32.0 Å². The molecule has 0 saturated heterocycles. The highest BCUT2D eigenvalue weighted by atomic mass is 16.2. The molecule has 2 amide bonds. The molecule has 0 atom stereocenters. The standard InChI is InChI=1S/C23H30N2O2/c1-5-24(17-20-11-7-6-8-12-20)23(27)15-16-25(19(4)26)22-14-10-9-13-21(22)18(2)3/h6-14,18H,5,15-17H2,1-4H3. The number of anilines is 1. The molecular formula is C23H30N2O2. The monoisotopic (exact) mass is 366 g/mol. The lowest BCUT2D eigenvalue weighted by molar-refractivity contribution is -0.131. The summed E-state index contributed by atoms with van der Waals surface area (Å²) in [4.78, 5) is 28.6. The fourth-order valence-electron chi connectivity index (χ4n) is 3.21. The number of carbonyl (C=O) groups is 2. The van der Waals surface area contributed by atoms with Crippen molar-refractivity contribution in [2.45, 2.75) is 46.6 Å². The maximum atomic E-state index is 12.7. The van der Waals surface area contributed by atoms with E-state index in [4.69, 9.17) is 0 Å². The van der Waals surface area contributed by atoms with Crippen molar-refractivity contribution < 1.29 is 9.59 Å². The van der Waals surface area contributed by atoms with Crippen molar-refractivity contribution >= 4 is 17.5 Å². The van der Waals surface area contributed by atoms with Crippen molar-refractivity contribution in [2.24, 2.45) is 0 Å². The predicted octanol–water partition coefficient (Wildman–Crippen LogP) is 4.60. The molecule has 0 aliphatic heterocycles. The summed E-state index contributed by atoms with van der Waals surface area (Å²) in [6.45, 7) is 9.40. The quantitative estimate of drug-likeness (QED) is 0.685. The van der Waals surface area contributed by atoms with Gasteiger partial charge in [0.1, 0.15) is 0 Å². The number of rotatable bonds is 8. The van der Waals surface area contributed by atoms with Crippen molar-refractivity contribution in [3.8, 4) is 0 Å². The molecular weight excluding hydrogens is 336 g/mol. The second-order valence-corrected chi connectivity index (χ2v) is 7.03. The molecule has 4 nitrogen and oxygen atoms in total. The molecule has 0 spiro atoms. The first-order chi connectivity index (χ1) is 12.9. The van der Waals surface area contributed by atoms with Gasteiger partial charge in [0.25, 0.3) is 0 Å². The van der Waals surface area contributed by atoms with E-state index in [1.54, 1.807) is 11.8 Å². The van der Waals surface area contributed by atoms with Gasteiger partial charge >= 0.3 is 0 Å². The third kappa shape index (κ3) is 5.68. The summed E-state index contributed by atoms with van der Waals surface area (Å²) < 4.78 is 0. The predicted molar refractivity (Wildman–Crippen MR) is 111 cm³/mol. The average Bonchev–Trinajstić information content (AvgIpc) is 2.66. The molecule has 0 unspecified atom stereocenters. The van der Waals surface area contributed by atoms with Crippen LogP contribution in [0.5, 0.6) is 0 Å². The SMILES string of the molecule is CCN(Cc1ccccc1)C(=O)CCN(C(C)=O)c1ccccc1C(C)C. The molecule has 0 bridgehead atoms. The molecule has 0 fully saturated rings. The lowest BCUT2D eigenvalue weighted by atomic mass is 10.00. The van der Waals surface area contributed by atoms with Crippen LogP contribution in [0.15, 0.2) is 54.6 Å². The average molecular weight is 367 g/mol. The second kappa shape index (κ2) is 9.91. The van der Waals surface area contributed by atoms with Gasteiger partial charge in [-0.2, -0.15) is 0 Å². The smallest absolute Gasteiger partial charge is 0.224 e. The van der Waals surface area contributed by atoms with Gasteiger partial charge in [-0.05, 0) is 30.0 Å². The largest absolute Gasteiger partial charge is 0.339 e. The molecule has 0 radical (unpaired) electrons. The van der Waals surface area contributed by atoms with Crippen LogP contribution in [0, 0.1) is 0 Å².